The van der Waals surface area contributed by atoms with Crippen LogP contribution in [0.4, 0.5) is 0 Å². The van der Waals surface area contributed by atoms with Crippen LogP contribution in [-0.2, 0) is 16.1 Å². The van der Waals surface area contributed by atoms with E-state index in [0.29, 0.717) is 28.7 Å². The number of esters is 1. The van der Waals surface area contributed by atoms with Gasteiger partial charge in [-0.05, 0) is 29.0 Å². The second-order valence-corrected chi connectivity index (χ2v) is 6.36. The van der Waals surface area contributed by atoms with Crippen LogP contribution in [0, 0.1) is 0 Å². The molecular weight excluding hydrogens is 372 g/mol. The lowest BCUT2D eigenvalue weighted by Crippen LogP contribution is -2.16. The van der Waals surface area contributed by atoms with Gasteiger partial charge in [0.2, 0.25) is 0 Å². The van der Waals surface area contributed by atoms with Crippen LogP contribution in [0.5, 0.6) is 5.75 Å². The summed E-state index contributed by atoms with van der Waals surface area (Å²) in [5, 5.41) is 2.61. The molecule has 0 radical (unpaired) electrons. The average molecular weight is 388 g/mol. The van der Waals surface area contributed by atoms with E-state index in [9.17, 15) is 14.4 Å². The van der Waals surface area contributed by atoms with Crippen LogP contribution in [0.25, 0.3) is 21.7 Å². The summed E-state index contributed by atoms with van der Waals surface area (Å²) in [7, 11) is 0. The third-order valence-corrected chi connectivity index (χ3v) is 4.49. The zero-order valence-corrected chi connectivity index (χ0v) is 15.3. The number of rotatable bonds is 6. The summed E-state index contributed by atoms with van der Waals surface area (Å²) in [5.74, 6) is -0.316. The standard InChI is InChI=1S/C23H16O6/c24-12-16-6-2-4-8-19(16)27-14-22(26)28-13-17-11-21(25)29-20-10-9-15-5-1-3-7-18(15)23(17)20/h1-12H,13-14H2. The quantitative estimate of drug-likeness (QED) is 0.216. The number of hydrogen-bond donors (Lipinski definition) is 0. The summed E-state index contributed by atoms with van der Waals surface area (Å²) in [6, 6.07) is 19.2. The Morgan fingerprint density at radius 2 is 1.79 bits per heavy atom. The number of hydrogen-bond acceptors (Lipinski definition) is 6. The van der Waals surface area contributed by atoms with E-state index in [1.54, 1.807) is 30.3 Å². The number of ether oxygens (including phenoxy) is 2. The highest BCUT2D eigenvalue weighted by atomic mass is 16.6. The predicted molar refractivity (Wildman–Crippen MR) is 107 cm³/mol. The number of fused-ring (bicyclic) bond motifs is 3. The first kappa shape index (κ1) is 18.4. The Hall–Kier alpha value is -3.93. The first-order valence-electron chi connectivity index (χ1n) is 8.93. The molecule has 0 aliphatic heterocycles. The lowest BCUT2D eigenvalue weighted by molar-refractivity contribution is -0.147. The molecule has 0 N–H and O–H groups in total. The van der Waals surface area contributed by atoms with Gasteiger partial charge in [-0.1, -0.05) is 42.5 Å². The van der Waals surface area contributed by atoms with E-state index in [-0.39, 0.29) is 13.2 Å². The van der Waals surface area contributed by atoms with Gasteiger partial charge < -0.3 is 13.9 Å². The smallest absolute Gasteiger partial charge is 0.344 e. The predicted octanol–water partition coefficient (Wildman–Crippen LogP) is 3.88. The van der Waals surface area contributed by atoms with E-state index < -0.39 is 11.6 Å². The highest BCUT2D eigenvalue weighted by molar-refractivity contribution is 6.07. The molecular formula is C23H16O6. The summed E-state index contributed by atoms with van der Waals surface area (Å²) >= 11 is 0. The second kappa shape index (κ2) is 7.98. The first-order chi connectivity index (χ1) is 14.2. The number of carbonyl (C=O) groups is 2. The largest absolute Gasteiger partial charge is 0.481 e. The molecule has 0 fully saturated rings. The summed E-state index contributed by atoms with van der Waals surface area (Å²) < 4.78 is 16.0. The number of aldehydes is 1. The van der Waals surface area contributed by atoms with E-state index in [4.69, 9.17) is 13.9 Å². The van der Waals surface area contributed by atoms with Crippen LogP contribution in [0.3, 0.4) is 0 Å². The summed E-state index contributed by atoms with van der Waals surface area (Å²) in [5.41, 5.74) is 0.807. The Morgan fingerprint density at radius 3 is 2.66 bits per heavy atom. The minimum absolute atomic E-state index is 0.104. The molecule has 29 heavy (non-hydrogen) atoms. The second-order valence-electron chi connectivity index (χ2n) is 6.36. The van der Waals surface area contributed by atoms with Crippen LogP contribution in [0.1, 0.15) is 15.9 Å². The zero-order chi connectivity index (χ0) is 20.2. The van der Waals surface area contributed by atoms with Crippen molar-refractivity contribution in [2.75, 3.05) is 6.61 Å². The monoisotopic (exact) mass is 388 g/mol. The van der Waals surface area contributed by atoms with E-state index in [1.807, 2.05) is 30.3 Å². The average Bonchev–Trinajstić information content (AvgIpc) is 2.75. The minimum atomic E-state index is -0.618. The fourth-order valence-electron chi connectivity index (χ4n) is 3.18. The molecule has 0 bridgehead atoms. The summed E-state index contributed by atoms with van der Waals surface area (Å²) in [6.07, 6.45) is 0.654. The third kappa shape index (κ3) is 3.87. The molecule has 6 heteroatoms. The van der Waals surface area contributed by atoms with Crippen molar-refractivity contribution in [3.63, 3.8) is 0 Å². The Morgan fingerprint density at radius 1 is 1.00 bits per heavy atom. The van der Waals surface area contributed by atoms with Gasteiger partial charge in [-0.3, -0.25) is 4.79 Å². The van der Waals surface area contributed by atoms with Gasteiger partial charge in [-0.25, -0.2) is 9.59 Å². The molecule has 0 aliphatic rings. The van der Waals surface area contributed by atoms with Crippen molar-refractivity contribution in [1.82, 2.24) is 0 Å². The molecule has 4 aromatic rings. The van der Waals surface area contributed by atoms with Crippen molar-refractivity contribution in [3.8, 4) is 5.75 Å². The Balaban J connectivity index is 1.55. The molecule has 0 spiro atoms. The number of para-hydroxylation sites is 1. The fraction of sp³-hybridized carbons (Fsp3) is 0.0870. The Kier molecular flexibility index (Phi) is 5.07. The van der Waals surface area contributed by atoms with Gasteiger partial charge in [0.1, 0.15) is 17.9 Å². The van der Waals surface area contributed by atoms with Crippen LogP contribution in [0.2, 0.25) is 0 Å². The highest BCUT2D eigenvalue weighted by Gasteiger charge is 2.13. The molecule has 4 rings (SSSR count). The van der Waals surface area contributed by atoms with Crippen molar-refractivity contribution in [2.24, 2.45) is 0 Å². The molecule has 0 saturated carbocycles. The zero-order valence-electron chi connectivity index (χ0n) is 15.3. The highest BCUT2D eigenvalue weighted by Crippen LogP contribution is 2.27. The molecule has 0 unspecified atom stereocenters. The van der Waals surface area contributed by atoms with Crippen LogP contribution in [-0.4, -0.2) is 18.9 Å². The van der Waals surface area contributed by atoms with Gasteiger partial charge in [0.15, 0.2) is 12.9 Å². The molecule has 1 aromatic heterocycles. The molecule has 6 nitrogen and oxygen atoms in total. The van der Waals surface area contributed by atoms with E-state index in [0.717, 1.165) is 16.2 Å². The van der Waals surface area contributed by atoms with E-state index >= 15 is 0 Å². The fourth-order valence-corrected chi connectivity index (χ4v) is 3.18. The maximum Gasteiger partial charge on any atom is 0.344 e. The van der Waals surface area contributed by atoms with Gasteiger partial charge in [0, 0.05) is 17.0 Å². The number of benzene rings is 3. The van der Waals surface area contributed by atoms with Crippen molar-refractivity contribution < 1.29 is 23.5 Å². The first-order valence-corrected chi connectivity index (χ1v) is 8.93. The van der Waals surface area contributed by atoms with Gasteiger partial charge in [0.05, 0.1) is 5.56 Å². The number of carbonyl (C=O) groups excluding carboxylic acids is 2. The lowest BCUT2D eigenvalue weighted by Gasteiger charge is -2.11. The molecule has 0 saturated heterocycles. The Labute approximate surface area is 165 Å². The molecule has 144 valence electrons. The SMILES string of the molecule is O=Cc1ccccc1OCC(=O)OCc1cc(=O)oc2ccc3ccccc3c12. The Bertz CT molecular complexity index is 1270. The normalized spacial score (nSPS) is 10.8. The lowest BCUT2D eigenvalue weighted by atomic mass is 10.0. The van der Waals surface area contributed by atoms with Crippen molar-refractivity contribution >= 4 is 34.0 Å². The van der Waals surface area contributed by atoms with Crippen LogP contribution < -0.4 is 10.4 Å². The summed E-state index contributed by atoms with van der Waals surface area (Å²) in [4.78, 5) is 35.0. The van der Waals surface area contributed by atoms with Crippen LogP contribution >= 0.6 is 0 Å². The molecule has 0 atom stereocenters. The molecule has 0 aliphatic carbocycles. The molecule has 3 aromatic carbocycles. The molecule has 1 heterocycles. The van der Waals surface area contributed by atoms with E-state index in [2.05, 4.69) is 0 Å². The van der Waals surface area contributed by atoms with Gasteiger partial charge >= 0.3 is 11.6 Å². The van der Waals surface area contributed by atoms with Gasteiger partial charge in [0.25, 0.3) is 0 Å². The van der Waals surface area contributed by atoms with Gasteiger partial charge in [-0.15, -0.1) is 0 Å². The van der Waals surface area contributed by atoms with Crippen LogP contribution in [0.15, 0.2) is 75.9 Å². The van der Waals surface area contributed by atoms with Crippen molar-refractivity contribution in [2.45, 2.75) is 6.61 Å². The van der Waals surface area contributed by atoms with Gasteiger partial charge in [-0.2, -0.15) is 0 Å². The molecule has 0 amide bonds. The van der Waals surface area contributed by atoms with Crippen molar-refractivity contribution in [1.29, 1.82) is 0 Å². The topological polar surface area (TPSA) is 82.8 Å². The summed E-state index contributed by atoms with van der Waals surface area (Å²) in [6.45, 7) is -0.460. The third-order valence-electron chi connectivity index (χ3n) is 4.49. The minimum Gasteiger partial charge on any atom is -0.481 e. The maximum absolute atomic E-state index is 12.1. The van der Waals surface area contributed by atoms with E-state index in [1.165, 1.54) is 6.07 Å². The van der Waals surface area contributed by atoms with Crippen molar-refractivity contribution in [3.05, 3.63) is 88.3 Å². The maximum atomic E-state index is 12.1.